The number of aromatic nitrogens is 2. The van der Waals surface area contributed by atoms with Gasteiger partial charge in [0, 0.05) is 27.5 Å². The first-order chi connectivity index (χ1) is 24.2. The van der Waals surface area contributed by atoms with Crippen molar-refractivity contribution in [1.29, 1.82) is 0 Å². The Morgan fingerprint density at radius 2 is 1.44 bits per heavy atom. The fraction of sp³-hybridized carbons (Fsp3) is 0.182. The predicted octanol–water partition coefficient (Wildman–Crippen LogP) is 12.0. The molecule has 253 valence electrons. The summed E-state index contributed by atoms with van der Waals surface area (Å²) in [7, 11) is 0. The minimum absolute atomic E-state index is 0. The number of pyridine rings is 2. The quantitative estimate of drug-likeness (QED) is 0.0999. The summed E-state index contributed by atoms with van der Waals surface area (Å²) >= 11 is -0.0304. The van der Waals surface area contributed by atoms with Gasteiger partial charge in [0.1, 0.15) is 5.82 Å². The van der Waals surface area contributed by atoms with Gasteiger partial charge in [0.05, 0.1) is 6.20 Å². The third kappa shape index (κ3) is 7.62. The molecule has 0 saturated carbocycles. The van der Waals surface area contributed by atoms with Gasteiger partial charge in [-0.25, -0.2) is 4.39 Å². The number of fused-ring (bicyclic) bond motifs is 6. The molecule has 0 unspecified atom stereocenters. The van der Waals surface area contributed by atoms with Crippen LogP contribution in [0.15, 0.2) is 116 Å². The number of halogens is 1. The molecule has 5 aromatic carbocycles. The van der Waals surface area contributed by atoms with Crippen LogP contribution in [0.25, 0.3) is 64.2 Å². The molecule has 1 radical (unpaired) electrons. The summed E-state index contributed by atoms with van der Waals surface area (Å²) in [6.45, 7) is 5.33. The van der Waals surface area contributed by atoms with E-state index in [0.717, 1.165) is 38.5 Å². The Bertz CT molecular complexity index is 2540. The van der Waals surface area contributed by atoms with Crippen molar-refractivity contribution in [2.24, 2.45) is 5.41 Å². The van der Waals surface area contributed by atoms with E-state index in [9.17, 15) is 4.39 Å². The van der Waals surface area contributed by atoms with Crippen molar-refractivity contribution in [3.63, 3.8) is 0 Å². The SMILES string of the molecule is [2H]C([2H])(c1cc(-c2[c-]ccc3c2sc2c4cc5ccccc5cc4ccc32)ncc1F)C(C)(C)C.[CH3][Ge]([CH3])([CH3])[c]1ccc(-c2[c-]cccc2)nc1.[Ir]. The van der Waals surface area contributed by atoms with Gasteiger partial charge in [-0.05, 0) is 66.8 Å². The van der Waals surface area contributed by atoms with Crippen LogP contribution >= 0.6 is 11.3 Å². The summed E-state index contributed by atoms with van der Waals surface area (Å²) < 4.78 is 35.7. The van der Waals surface area contributed by atoms with Gasteiger partial charge in [-0.15, -0.1) is 23.8 Å². The summed E-state index contributed by atoms with van der Waals surface area (Å²) in [6, 6.07) is 41.5. The maximum absolute atomic E-state index is 14.8. The van der Waals surface area contributed by atoms with Crippen LogP contribution in [0.5, 0.6) is 0 Å². The molecule has 0 bridgehead atoms. The molecule has 0 N–H and O–H groups in total. The average Bonchev–Trinajstić information content (AvgIpc) is 3.50. The molecule has 6 heteroatoms. The monoisotopic (exact) mass is 915 g/mol. The van der Waals surface area contributed by atoms with Gasteiger partial charge in [-0.2, -0.15) is 11.3 Å². The van der Waals surface area contributed by atoms with E-state index in [1.807, 2.05) is 36.5 Å². The van der Waals surface area contributed by atoms with Crippen molar-refractivity contribution in [3.05, 3.63) is 139 Å². The van der Waals surface area contributed by atoms with Crippen molar-refractivity contribution in [2.75, 3.05) is 0 Å². The molecule has 0 aliphatic heterocycles. The second kappa shape index (κ2) is 14.5. The van der Waals surface area contributed by atoms with Crippen molar-refractivity contribution >= 4 is 70.7 Å². The van der Waals surface area contributed by atoms with Gasteiger partial charge < -0.3 is 4.98 Å². The Kier molecular flexibility index (Phi) is 9.67. The summed E-state index contributed by atoms with van der Waals surface area (Å²) in [6.07, 6.45) is 1.31. The number of nitrogens with zero attached hydrogens (tertiary/aromatic N) is 2. The second-order valence-electron chi connectivity index (χ2n) is 14.4. The standard InChI is InChI=1S/C30H23FNS.C14H16GeN.Ir/c1-30(2,3)16-21-15-27(32-17-26(21)31)24-10-6-9-22-23-12-11-20-13-18-7-4-5-8-19(18)14-25(20)29(23)33-28(22)24;1-15(2,3)13-9-10-14(16-11-13)12-7-5-4-6-8-12;/h4-9,11-15,17H,16H2,1-3H3;4-7,9-11H,1-3H3;/q2*-1;/i16D2;;. The first kappa shape index (κ1) is 33.4. The molecule has 8 rings (SSSR count). The molecule has 8 aromatic rings. The van der Waals surface area contributed by atoms with Crippen LogP contribution in [0.1, 0.15) is 29.1 Å². The van der Waals surface area contributed by atoms with E-state index in [4.69, 9.17) is 2.74 Å². The molecule has 0 atom stereocenters. The van der Waals surface area contributed by atoms with Gasteiger partial charge in [-0.3, -0.25) is 0 Å². The molecule has 0 fully saturated rings. The zero-order chi connectivity index (χ0) is 36.1. The first-order valence-corrected chi connectivity index (χ1v) is 24.7. The Balaban J connectivity index is 0.000000230. The van der Waals surface area contributed by atoms with Gasteiger partial charge in [0.25, 0.3) is 0 Å². The third-order valence-electron chi connectivity index (χ3n) is 8.52. The van der Waals surface area contributed by atoms with Gasteiger partial charge in [-0.1, -0.05) is 68.6 Å². The molecule has 0 saturated heterocycles. The maximum Gasteiger partial charge on any atom is 0 e. The molecule has 0 spiro atoms. The maximum atomic E-state index is 14.8. The van der Waals surface area contributed by atoms with Crippen molar-refractivity contribution < 1.29 is 27.2 Å². The van der Waals surface area contributed by atoms with E-state index < -0.39 is 30.9 Å². The topological polar surface area (TPSA) is 25.8 Å². The van der Waals surface area contributed by atoms with E-state index >= 15 is 0 Å². The fourth-order valence-corrected chi connectivity index (χ4v) is 9.53. The van der Waals surface area contributed by atoms with Crippen molar-refractivity contribution in [1.82, 2.24) is 9.97 Å². The zero-order valence-corrected chi connectivity index (χ0v) is 34.3. The molecule has 3 aromatic heterocycles. The van der Waals surface area contributed by atoms with Gasteiger partial charge >= 0.3 is 99.8 Å². The van der Waals surface area contributed by atoms with Gasteiger partial charge in [0.15, 0.2) is 0 Å². The van der Waals surface area contributed by atoms with Gasteiger partial charge in [0.2, 0.25) is 0 Å². The molecule has 50 heavy (non-hydrogen) atoms. The third-order valence-corrected chi connectivity index (χ3v) is 14.0. The number of hydrogen-bond acceptors (Lipinski definition) is 3. The summed E-state index contributed by atoms with van der Waals surface area (Å²) in [5.74, 6) is 6.51. The number of rotatable bonds is 4. The molecule has 3 heterocycles. The molecule has 0 aliphatic carbocycles. The van der Waals surface area contributed by atoms with E-state index in [1.165, 1.54) is 30.6 Å². The van der Waals surface area contributed by atoms with E-state index in [-0.39, 0.29) is 25.7 Å². The number of thiophene rings is 1. The summed E-state index contributed by atoms with van der Waals surface area (Å²) in [5.41, 5.74) is 2.62. The van der Waals surface area contributed by atoms with E-state index in [2.05, 4.69) is 106 Å². The molecular formula is C44H39FGeIrN2S-2. The fourth-order valence-electron chi connectivity index (χ4n) is 6.03. The van der Waals surface area contributed by atoms with Crippen LogP contribution in [-0.4, -0.2) is 23.2 Å². The van der Waals surface area contributed by atoms with Crippen molar-refractivity contribution in [2.45, 2.75) is 44.4 Å². The van der Waals surface area contributed by atoms with E-state index in [1.54, 1.807) is 38.2 Å². The first-order valence-electron chi connectivity index (χ1n) is 17.5. The second-order valence-corrected chi connectivity index (χ2v) is 26.1. The number of benzene rings is 5. The minimum atomic E-state index is -1.86. The van der Waals surface area contributed by atoms with Crippen LogP contribution in [0.4, 0.5) is 4.39 Å². The van der Waals surface area contributed by atoms with Crippen LogP contribution < -0.4 is 4.40 Å². The predicted molar refractivity (Wildman–Crippen MR) is 211 cm³/mol. The minimum Gasteiger partial charge on any atom is 0 e. The van der Waals surface area contributed by atoms with Crippen LogP contribution in [0.2, 0.25) is 17.3 Å². The average molecular weight is 914 g/mol. The van der Waals surface area contributed by atoms with Crippen LogP contribution in [0.3, 0.4) is 0 Å². The Labute approximate surface area is 317 Å². The van der Waals surface area contributed by atoms with Crippen molar-refractivity contribution in [3.8, 4) is 22.5 Å². The normalized spacial score (nSPS) is 12.7. The molecular weight excluding hydrogens is 872 g/mol. The Morgan fingerprint density at radius 3 is 2.12 bits per heavy atom. The Morgan fingerprint density at radius 1 is 0.720 bits per heavy atom. The largest absolute Gasteiger partial charge is 0 e. The Hall–Kier alpha value is -3.74. The van der Waals surface area contributed by atoms with E-state index in [0.29, 0.717) is 5.69 Å². The number of hydrogen-bond donors (Lipinski definition) is 0. The molecule has 0 amide bonds. The summed E-state index contributed by atoms with van der Waals surface area (Å²) in [4.78, 5) is 8.89. The van der Waals surface area contributed by atoms with Crippen LogP contribution in [-0.2, 0) is 26.5 Å². The molecule has 2 nitrogen and oxygen atoms in total. The zero-order valence-electron chi connectivity index (χ0n) is 31.0. The van der Waals surface area contributed by atoms with Crippen LogP contribution in [0, 0.1) is 23.4 Å². The smallest absolute Gasteiger partial charge is 0 e. The molecule has 0 aliphatic rings. The summed E-state index contributed by atoms with van der Waals surface area (Å²) in [5, 5.41) is 7.06.